The third-order valence-corrected chi connectivity index (χ3v) is 2.58. The molecule has 0 bridgehead atoms. The quantitative estimate of drug-likeness (QED) is 0.477. The van der Waals surface area contributed by atoms with E-state index >= 15 is 0 Å². The van der Waals surface area contributed by atoms with Crippen molar-refractivity contribution in [3.05, 3.63) is 24.3 Å². The largest absolute Gasteiger partial charge is 0.486 e. The second kappa shape index (κ2) is 5.48. The fourth-order valence-electron chi connectivity index (χ4n) is 1.71. The molecule has 3 N–H and O–H groups in total. The number of rotatable bonds is 4. The minimum atomic E-state index is 0.584. The zero-order chi connectivity index (χ0) is 12.1. The molecule has 4 nitrogen and oxygen atoms in total. The van der Waals surface area contributed by atoms with Crippen LogP contribution in [0.15, 0.2) is 24.3 Å². The Morgan fingerprint density at radius 2 is 2.00 bits per heavy atom. The molecule has 0 aromatic heterocycles. The van der Waals surface area contributed by atoms with Gasteiger partial charge in [0, 0.05) is 18.7 Å². The molecule has 0 spiro atoms. The van der Waals surface area contributed by atoms with Gasteiger partial charge >= 0.3 is 0 Å². The summed E-state index contributed by atoms with van der Waals surface area (Å²) in [5, 5.41) is 3.29. The number of ether oxygens (including phenoxy) is 2. The highest BCUT2D eigenvalue weighted by molar-refractivity contribution is 5.72. The lowest BCUT2D eigenvalue weighted by atomic mass is 10.2. The summed E-state index contributed by atoms with van der Waals surface area (Å²) < 4.78 is 11.0. The summed E-state index contributed by atoms with van der Waals surface area (Å²) in [5.41, 5.74) is 7.53. The zero-order valence-electron chi connectivity index (χ0n) is 10.0. The first-order valence-corrected chi connectivity index (χ1v) is 5.85. The third kappa shape index (κ3) is 2.84. The summed E-state index contributed by atoms with van der Waals surface area (Å²) in [7, 11) is 0. The molecule has 0 fully saturated rings. The SMILES string of the molecule is C/C=C/CCNc1cc2c(cc1N)OCCO2. The Morgan fingerprint density at radius 1 is 1.29 bits per heavy atom. The molecule has 1 aromatic carbocycles. The van der Waals surface area contributed by atoms with Crippen molar-refractivity contribution >= 4 is 11.4 Å². The number of anilines is 2. The van der Waals surface area contributed by atoms with E-state index in [2.05, 4.69) is 11.4 Å². The highest BCUT2D eigenvalue weighted by Gasteiger charge is 2.14. The fourth-order valence-corrected chi connectivity index (χ4v) is 1.71. The van der Waals surface area contributed by atoms with Crippen molar-refractivity contribution in [3.63, 3.8) is 0 Å². The maximum Gasteiger partial charge on any atom is 0.163 e. The molecule has 0 atom stereocenters. The van der Waals surface area contributed by atoms with Crippen LogP contribution in [0.2, 0.25) is 0 Å². The van der Waals surface area contributed by atoms with Gasteiger partial charge in [-0.1, -0.05) is 12.2 Å². The number of nitrogens with two attached hydrogens (primary N) is 1. The molecular formula is C13H18N2O2. The van der Waals surface area contributed by atoms with Crippen LogP contribution in [0.25, 0.3) is 0 Å². The van der Waals surface area contributed by atoms with Gasteiger partial charge in [0.25, 0.3) is 0 Å². The Kier molecular flexibility index (Phi) is 3.75. The predicted octanol–water partition coefficient (Wildman–Crippen LogP) is 2.42. The van der Waals surface area contributed by atoms with Crippen LogP contribution in [0.3, 0.4) is 0 Å². The lowest BCUT2D eigenvalue weighted by molar-refractivity contribution is 0.172. The molecule has 2 rings (SSSR count). The van der Waals surface area contributed by atoms with Crippen molar-refractivity contribution in [3.8, 4) is 11.5 Å². The molecular weight excluding hydrogens is 216 g/mol. The van der Waals surface area contributed by atoms with E-state index in [1.54, 1.807) is 0 Å². The average Bonchev–Trinajstić information content (AvgIpc) is 2.35. The van der Waals surface area contributed by atoms with Crippen molar-refractivity contribution in [2.75, 3.05) is 30.8 Å². The maximum absolute atomic E-state index is 5.94. The molecule has 1 aliphatic rings. The third-order valence-electron chi connectivity index (χ3n) is 2.58. The van der Waals surface area contributed by atoms with Gasteiger partial charge in [0.05, 0.1) is 11.4 Å². The average molecular weight is 234 g/mol. The van der Waals surface area contributed by atoms with Gasteiger partial charge in [-0.25, -0.2) is 0 Å². The van der Waals surface area contributed by atoms with Crippen LogP contribution < -0.4 is 20.5 Å². The van der Waals surface area contributed by atoms with Crippen molar-refractivity contribution in [2.24, 2.45) is 0 Å². The maximum atomic E-state index is 5.94. The van der Waals surface area contributed by atoms with Crippen LogP contribution in [0.5, 0.6) is 11.5 Å². The highest BCUT2D eigenvalue weighted by Crippen LogP contribution is 2.36. The standard InChI is InChI=1S/C13H18N2O2/c1-2-3-4-5-15-11-9-13-12(8-10(11)14)16-6-7-17-13/h2-3,8-9,15H,4-7,14H2,1H3/b3-2+. The molecule has 0 unspecified atom stereocenters. The van der Waals surface area contributed by atoms with E-state index in [1.165, 1.54) is 0 Å². The lowest BCUT2D eigenvalue weighted by Crippen LogP contribution is -2.16. The number of benzene rings is 1. The minimum absolute atomic E-state index is 0.584. The Morgan fingerprint density at radius 3 is 2.71 bits per heavy atom. The second-order valence-electron chi connectivity index (χ2n) is 3.87. The van der Waals surface area contributed by atoms with E-state index in [9.17, 15) is 0 Å². The normalized spacial score (nSPS) is 13.9. The van der Waals surface area contributed by atoms with Crippen LogP contribution in [-0.2, 0) is 0 Å². The van der Waals surface area contributed by atoms with Gasteiger partial charge in [-0.3, -0.25) is 0 Å². The molecule has 1 aliphatic heterocycles. The zero-order valence-corrected chi connectivity index (χ0v) is 10.0. The summed E-state index contributed by atoms with van der Waals surface area (Å²) in [6.45, 7) is 4.04. The second-order valence-corrected chi connectivity index (χ2v) is 3.87. The van der Waals surface area contributed by atoms with Crippen LogP contribution in [0.1, 0.15) is 13.3 Å². The van der Waals surface area contributed by atoms with Gasteiger partial charge in [-0.2, -0.15) is 0 Å². The summed E-state index contributed by atoms with van der Waals surface area (Å²) in [6, 6.07) is 3.71. The highest BCUT2D eigenvalue weighted by atomic mass is 16.6. The first-order chi connectivity index (χ1) is 8.31. The molecule has 0 radical (unpaired) electrons. The molecule has 0 saturated carbocycles. The molecule has 1 aromatic rings. The van der Waals surface area contributed by atoms with Gasteiger partial charge in [0.1, 0.15) is 13.2 Å². The van der Waals surface area contributed by atoms with E-state index in [-0.39, 0.29) is 0 Å². The number of nitrogens with one attached hydrogen (secondary N) is 1. The number of allylic oxidation sites excluding steroid dienone is 1. The Bertz CT molecular complexity index is 416. The smallest absolute Gasteiger partial charge is 0.163 e. The molecule has 0 saturated heterocycles. The Balaban J connectivity index is 2.06. The predicted molar refractivity (Wildman–Crippen MR) is 69.8 cm³/mol. The minimum Gasteiger partial charge on any atom is -0.486 e. The molecule has 17 heavy (non-hydrogen) atoms. The Labute approximate surface area is 101 Å². The topological polar surface area (TPSA) is 56.5 Å². The number of hydrogen-bond donors (Lipinski definition) is 2. The molecule has 0 amide bonds. The first kappa shape index (κ1) is 11.6. The fraction of sp³-hybridized carbons (Fsp3) is 0.385. The van der Waals surface area contributed by atoms with Gasteiger partial charge in [0.15, 0.2) is 11.5 Å². The number of fused-ring (bicyclic) bond motifs is 1. The molecule has 4 heteroatoms. The van der Waals surface area contributed by atoms with Gasteiger partial charge in [-0.15, -0.1) is 0 Å². The van der Waals surface area contributed by atoms with Crippen LogP contribution in [0, 0.1) is 0 Å². The van der Waals surface area contributed by atoms with E-state index in [0.29, 0.717) is 18.9 Å². The van der Waals surface area contributed by atoms with E-state index in [1.807, 2.05) is 25.1 Å². The lowest BCUT2D eigenvalue weighted by Gasteiger charge is -2.20. The molecule has 92 valence electrons. The van der Waals surface area contributed by atoms with Crippen LogP contribution in [0.4, 0.5) is 11.4 Å². The van der Waals surface area contributed by atoms with Gasteiger partial charge in [0.2, 0.25) is 0 Å². The van der Waals surface area contributed by atoms with Crippen molar-refractivity contribution in [2.45, 2.75) is 13.3 Å². The summed E-state index contributed by atoms with van der Waals surface area (Å²) in [4.78, 5) is 0. The summed E-state index contributed by atoms with van der Waals surface area (Å²) >= 11 is 0. The Hall–Kier alpha value is -1.84. The summed E-state index contributed by atoms with van der Waals surface area (Å²) in [5.74, 6) is 1.49. The monoisotopic (exact) mass is 234 g/mol. The van der Waals surface area contributed by atoms with E-state index in [0.717, 1.165) is 30.2 Å². The molecule has 0 aliphatic carbocycles. The summed E-state index contributed by atoms with van der Waals surface area (Å²) in [6.07, 6.45) is 5.13. The number of hydrogen-bond acceptors (Lipinski definition) is 4. The van der Waals surface area contributed by atoms with Crippen molar-refractivity contribution in [1.29, 1.82) is 0 Å². The van der Waals surface area contributed by atoms with Gasteiger partial charge in [-0.05, 0) is 13.3 Å². The van der Waals surface area contributed by atoms with E-state index < -0.39 is 0 Å². The van der Waals surface area contributed by atoms with E-state index in [4.69, 9.17) is 15.2 Å². The van der Waals surface area contributed by atoms with Crippen molar-refractivity contribution < 1.29 is 9.47 Å². The van der Waals surface area contributed by atoms with Crippen LogP contribution in [-0.4, -0.2) is 19.8 Å². The first-order valence-electron chi connectivity index (χ1n) is 5.85. The van der Waals surface area contributed by atoms with Gasteiger partial charge < -0.3 is 20.5 Å². The van der Waals surface area contributed by atoms with Crippen molar-refractivity contribution in [1.82, 2.24) is 0 Å². The number of nitrogen functional groups attached to an aromatic ring is 1. The van der Waals surface area contributed by atoms with Crippen LogP contribution >= 0.6 is 0 Å². The molecule has 1 heterocycles.